The van der Waals surface area contributed by atoms with Crippen LogP contribution in [0.3, 0.4) is 0 Å². The molecule has 2 aromatic carbocycles. The van der Waals surface area contributed by atoms with E-state index in [1.807, 2.05) is 31.2 Å². The quantitative estimate of drug-likeness (QED) is 0.703. The number of benzene rings is 2. The van der Waals surface area contributed by atoms with Crippen LogP contribution in [0.2, 0.25) is 0 Å². The van der Waals surface area contributed by atoms with Gasteiger partial charge in [0.15, 0.2) is 0 Å². The van der Waals surface area contributed by atoms with Gasteiger partial charge in [-0.3, -0.25) is 4.90 Å². The summed E-state index contributed by atoms with van der Waals surface area (Å²) in [5, 5.41) is 0. The van der Waals surface area contributed by atoms with Gasteiger partial charge in [0.25, 0.3) is 0 Å². The van der Waals surface area contributed by atoms with Crippen LogP contribution in [0.4, 0.5) is 0 Å². The summed E-state index contributed by atoms with van der Waals surface area (Å²) in [4.78, 5) is 15.1. The fraction of sp³-hybridized carbons (Fsp3) is 0.400. The largest absolute Gasteiger partial charge is 0.496 e. The highest BCUT2D eigenvalue weighted by Crippen LogP contribution is 2.48. The second-order valence-corrected chi connectivity index (χ2v) is 8.35. The van der Waals surface area contributed by atoms with Crippen LogP contribution in [-0.2, 0) is 10.2 Å². The lowest BCUT2D eigenvalue weighted by molar-refractivity contribution is 0.0592. The number of likely N-dealkylation sites (N-methyl/N-ethyl adjacent to an activating group) is 1. The molecule has 0 amide bonds. The lowest BCUT2D eigenvalue weighted by Gasteiger charge is -2.40. The van der Waals surface area contributed by atoms with Crippen LogP contribution in [0, 0.1) is 13.8 Å². The third-order valence-electron chi connectivity index (χ3n) is 6.67. The first-order valence-electron chi connectivity index (χ1n) is 10.3. The minimum Gasteiger partial charge on any atom is -0.496 e. The summed E-state index contributed by atoms with van der Waals surface area (Å²) in [6.07, 6.45) is 5.02. The number of methoxy groups -OCH3 is 1. The number of fused-ring (bicyclic) bond motifs is 1. The van der Waals surface area contributed by atoms with Gasteiger partial charge >= 0.3 is 5.97 Å². The van der Waals surface area contributed by atoms with E-state index in [-0.39, 0.29) is 17.4 Å². The maximum atomic E-state index is 12.7. The first-order valence-corrected chi connectivity index (χ1v) is 10.3. The molecule has 4 rings (SSSR count). The number of hydrogen-bond donors (Lipinski definition) is 0. The van der Waals surface area contributed by atoms with E-state index in [9.17, 15) is 4.79 Å². The van der Waals surface area contributed by atoms with Gasteiger partial charge in [0, 0.05) is 17.9 Å². The number of carbonyl (C=O) groups excluding carboxylic acids is 1. The molecule has 0 unspecified atom stereocenters. The summed E-state index contributed by atoms with van der Waals surface area (Å²) in [6, 6.07) is 14.3. The molecule has 4 heteroatoms. The Hall–Kier alpha value is -2.59. The maximum Gasteiger partial charge on any atom is 0.343 e. The van der Waals surface area contributed by atoms with Crippen molar-refractivity contribution in [2.24, 2.45) is 0 Å². The van der Waals surface area contributed by atoms with Crippen molar-refractivity contribution in [3.8, 4) is 5.75 Å². The second-order valence-electron chi connectivity index (χ2n) is 8.35. The van der Waals surface area contributed by atoms with Crippen LogP contribution in [0.25, 0.3) is 0 Å². The van der Waals surface area contributed by atoms with Crippen LogP contribution in [0.1, 0.15) is 46.3 Å². The van der Waals surface area contributed by atoms with Gasteiger partial charge in [-0.05, 0) is 75.2 Å². The lowest BCUT2D eigenvalue weighted by Crippen LogP contribution is -2.42. The Bertz CT molecular complexity index is 964. The Morgan fingerprint density at radius 3 is 2.62 bits per heavy atom. The van der Waals surface area contributed by atoms with E-state index >= 15 is 0 Å². The highest BCUT2D eigenvalue weighted by molar-refractivity contribution is 5.91. The van der Waals surface area contributed by atoms with Gasteiger partial charge in [0.05, 0.1) is 12.7 Å². The zero-order chi connectivity index (χ0) is 20.6. The van der Waals surface area contributed by atoms with Crippen LogP contribution in [0.5, 0.6) is 5.75 Å². The van der Waals surface area contributed by atoms with Crippen molar-refractivity contribution in [3.63, 3.8) is 0 Å². The molecule has 0 spiro atoms. The number of rotatable bonds is 4. The maximum absolute atomic E-state index is 12.7. The summed E-state index contributed by atoms with van der Waals surface area (Å²) in [7, 11) is 3.87. The molecule has 0 radical (unpaired) electrons. The number of hydrogen-bond acceptors (Lipinski definition) is 4. The highest BCUT2D eigenvalue weighted by Gasteiger charge is 2.48. The molecule has 0 bridgehead atoms. The van der Waals surface area contributed by atoms with E-state index in [0.717, 1.165) is 48.4 Å². The van der Waals surface area contributed by atoms with Crippen LogP contribution in [0.15, 0.2) is 54.3 Å². The first-order chi connectivity index (χ1) is 13.9. The topological polar surface area (TPSA) is 38.8 Å². The Balaban J connectivity index is 1.62. The van der Waals surface area contributed by atoms with E-state index in [1.54, 1.807) is 7.11 Å². The van der Waals surface area contributed by atoms with Crippen LogP contribution < -0.4 is 4.74 Å². The van der Waals surface area contributed by atoms with Crippen molar-refractivity contribution in [2.45, 2.75) is 44.6 Å². The zero-order valence-electron chi connectivity index (χ0n) is 17.7. The Labute approximate surface area is 173 Å². The van der Waals surface area contributed by atoms with Gasteiger partial charge in [-0.2, -0.15) is 0 Å². The molecule has 0 aromatic heterocycles. The number of esters is 1. The summed E-state index contributed by atoms with van der Waals surface area (Å²) < 4.78 is 11.3. The SMILES string of the molecule is COc1ccc([C@@]23CCC(OC(=O)c4ccccc4C)=C[C@@H]2N(C)CC3)cc1C. The Morgan fingerprint density at radius 1 is 1.10 bits per heavy atom. The molecule has 4 nitrogen and oxygen atoms in total. The highest BCUT2D eigenvalue weighted by atomic mass is 16.5. The smallest absolute Gasteiger partial charge is 0.343 e. The molecular formula is C25H29NO3. The molecule has 1 fully saturated rings. The molecule has 2 aliphatic rings. The van der Waals surface area contributed by atoms with Gasteiger partial charge in [-0.15, -0.1) is 0 Å². The predicted octanol–water partition coefficient (Wildman–Crippen LogP) is 4.79. The van der Waals surface area contributed by atoms with E-state index < -0.39 is 0 Å². The summed E-state index contributed by atoms with van der Waals surface area (Å²) in [5.74, 6) is 1.45. The Kier molecular flexibility index (Phi) is 5.22. The molecule has 1 aliphatic heterocycles. The zero-order valence-corrected chi connectivity index (χ0v) is 17.7. The number of allylic oxidation sites excluding steroid dienone is 1. The number of nitrogens with zero attached hydrogens (tertiary/aromatic N) is 1. The minimum atomic E-state index is -0.261. The van der Waals surface area contributed by atoms with Crippen molar-refractivity contribution in [1.29, 1.82) is 0 Å². The van der Waals surface area contributed by atoms with Gasteiger partial charge in [-0.25, -0.2) is 4.79 Å². The predicted molar refractivity (Wildman–Crippen MR) is 114 cm³/mol. The third kappa shape index (κ3) is 3.46. The van der Waals surface area contributed by atoms with Crippen molar-refractivity contribution in [3.05, 3.63) is 76.6 Å². The molecule has 2 aromatic rings. The summed E-state index contributed by atoms with van der Waals surface area (Å²) >= 11 is 0. The molecule has 2 atom stereocenters. The van der Waals surface area contributed by atoms with Gasteiger partial charge < -0.3 is 9.47 Å². The van der Waals surface area contributed by atoms with E-state index in [1.165, 1.54) is 5.56 Å². The van der Waals surface area contributed by atoms with E-state index in [0.29, 0.717) is 5.56 Å². The summed E-state index contributed by atoms with van der Waals surface area (Å²) in [5.41, 5.74) is 4.15. The van der Waals surface area contributed by atoms with E-state index in [4.69, 9.17) is 9.47 Å². The Morgan fingerprint density at radius 2 is 1.90 bits per heavy atom. The van der Waals surface area contributed by atoms with Gasteiger partial charge in [0.1, 0.15) is 11.5 Å². The minimum absolute atomic E-state index is 0.0599. The average molecular weight is 392 g/mol. The molecule has 0 N–H and O–H groups in total. The lowest BCUT2D eigenvalue weighted by atomic mass is 9.68. The monoisotopic (exact) mass is 391 g/mol. The molecular weight excluding hydrogens is 362 g/mol. The van der Waals surface area contributed by atoms with Gasteiger partial charge in [-0.1, -0.05) is 30.3 Å². The summed E-state index contributed by atoms with van der Waals surface area (Å²) in [6.45, 7) is 5.07. The molecule has 0 saturated carbocycles. The normalized spacial score (nSPS) is 24.0. The first kappa shape index (κ1) is 19.7. The number of ether oxygens (including phenoxy) is 2. The molecule has 29 heavy (non-hydrogen) atoms. The molecule has 1 saturated heterocycles. The van der Waals surface area contributed by atoms with Crippen LogP contribution in [-0.4, -0.2) is 37.6 Å². The van der Waals surface area contributed by atoms with Crippen molar-refractivity contribution < 1.29 is 14.3 Å². The third-order valence-corrected chi connectivity index (χ3v) is 6.67. The molecule has 152 valence electrons. The number of carbonyl (C=O) groups is 1. The average Bonchev–Trinajstić information content (AvgIpc) is 3.05. The number of likely N-dealkylation sites (tertiary alicyclic amines) is 1. The fourth-order valence-corrected chi connectivity index (χ4v) is 4.96. The van der Waals surface area contributed by atoms with Gasteiger partial charge in [0.2, 0.25) is 0 Å². The molecule has 1 heterocycles. The van der Waals surface area contributed by atoms with E-state index in [2.05, 4.69) is 43.1 Å². The fourth-order valence-electron chi connectivity index (χ4n) is 4.96. The standard InChI is InChI=1S/C25H29NO3/c1-17-7-5-6-8-21(17)24(27)29-20-11-12-25(13-14-26(3)23(25)16-20)19-9-10-22(28-4)18(2)15-19/h5-10,15-16,23H,11-14H2,1-4H3/t23-,25-/m0/s1. The molecule has 1 aliphatic carbocycles. The van der Waals surface area contributed by atoms with Crippen molar-refractivity contribution >= 4 is 5.97 Å². The second kappa shape index (κ2) is 7.68. The van der Waals surface area contributed by atoms with Crippen molar-refractivity contribution in [2.75, 3.05) is 20.7 Å². The van der Waals surface area contributed by atoms with Crippen LogP contribution >= 0.6 is 0 Å². The van der Waals surface area contributed by atoms with Crippen molar-refractivity contribution in [1.82, 2.24) is 4.90 Å². The number of aryl methyl sites for hydroxylation is 2.